The maximum atomic E-state index is 14.8. The molecular formula is C70H105ClN14O11S2. The molecule has 0 radical (unpaired) electrons. The Balaban J connectivity index is 1.82. The first-order valence-electron chi connectivity index (χ1n) is 33.3. The van der Waals surface area contributed by atoms with Crippen molar-refractivity contribution in [1.82, 2.24) is 56.8 Å². The Morgan fingerprint density at radius 1 is 0.480 bits per heavy atom. The molecular weight excluding hydrogens is 1310 g/mol. The standard InChI is InChI=1S/C70H105ClN14O11S2/c1-43(2)36-56(80-62(89)53(34-26-27-35-73-81-72)78-64(91)54(77-59(86)41-71)38-50-28-20-17-21-29-50)68(95)83(14)49(9)67(94)84(15)57(37-44(3)4)65(92)76-47(7)66(93)85(16)58(40-52-32-24-19-25-33-52)69(96)82(13)48(8)61(88)75-46(6)60(87)79-55(39-51-30-22-18-23-31-51)63(90)74-45(5)42-97-98-70(10,11)12/h17-25,28-33,43-49,53-58H,26-27,34-42H2,1-16H3,(H,74,90)(H,75,88)(H,76,92)(H,77,86)(H,78,91)(H,79,87)(H,80,89)/t45-,46+,47+,48+,49+,53+,54+,55+,56+,57+,58+/m1/s1. The van der Waals surface area contributed by atoms with Gasteiger partial charge in [-0.3, -0.25) is 52.7 Å². The van der Waals surface area contributed by atoms with E-state index in [0.717, 1.165) is 11.1 Å². The van der Waals surface area contributed by atoms with Gasteiger partial charge in [-0.15, -0.1) is 11.6 Å². The molecule has 0 bridgehead atoms. The second-order valence-electron chi connectivity index (χ2n) is 26.7. The average molecular weight is 1420 g/mol. The molecule has 11 amide bonds. The van der Waals surface area contributed by atoms with Gasteiger partial charge in [0.05, 0.1) is 0 Å². The lowest BCUT2D eigenvalue weighted by molar-refractivity contribution is -0.150. The van der Waals surface area contributed by atoms with Gasteiger partial charge in [0.25, 0.3) is 0 Å². The van der Waals surface area contributed by atoms with Crippen LogP contribution in [0.2, 0.25) is 0 Å². The van der Waals surface area contributed by atoms with Crippen molar-refractivity contribution in [2.45, 2.75) is 206 Å². The normalized spacial score (nSPS) is 14.7. The van der Waals surface area contributed by atoms with Crippen LogP contribution >= 0.6 is 33.2 Å². The second kappa shape index (κ2) is 42.2. The fourth-order valence-corrected chi connectivity index (χ4v) is 13.1. The summed E-state index contributed by atoms with van der Waals surface area (Å²) in [4.78, 5) is 163. The zero-order chi connectivity index (χ0) is 73.6. The third-order valence-corrected chi connectivity index (χ3v) is 20.0. The number of alkyl halides is 1. The fraction of sp³-hybridized carbons (Fsp3) is 0.586. The summed E-state index contributed by atoms with van der Waals surface area (Å²) < 4.78 is 0.0182. The lowest BCUT2D eigenvalue weighted by atomic mass is 9.99. The summed E-state index contributed by atoms with van der Waals surface area (Å²) in [6, 6.07) is 15.0. The molecule has 0 aliphatic carbocycles. The molecule has 0 saturated carbocycles. The average Bonchev–Trinajstić information content (AvgIpc) is 0.828. The van der Waals surface area contributed by atoms with Gasteiger partial charge in [-0.25, -0.2) is 0 Å². The third-order valence-electron chi connectivity index (χ3n) is 16.3. The summed E-state index contributed by atoms with van der Waals surface area (Å²) in [5.41, 5.74) is 11.1. The predicted octanol–water partition coefficient (Wildman–Crippen LogP) is 6.51. The van der Waals surface area contributed by atoms with Crippen molar-refractivity contribution >= 4 is 98.2 Å². The number of azide groups is 1. The van der Waals surface area contributed by atoms with Crippen molar-refractivity contribution in [3.63, 3.8) is 0 Å². The van der Waals surface area contributed by atoms with Crippen LogP contribution in [0.3, 0.4) is 0 Å². The van der Waals surface area contributed by atoms with Crippen LogP contribution < -0.4 is 37.2 Å². The van der Waals surface area contributed by atoms with Gasteiger partial charge in [0, 0.05) is 75.5 Å². The van der Waals surface area contributed by atoms with Gasteiger partial charge in [0.1, 0.15) is 66.3 Å². The monoisotopic (exact) mass is 1420 g/mol. The first kappa shape index (κ1) is 84.4. The van der Waals surface area contributed by atoms with Crippen LogP contribution in [0.5, 0.6) is 0 Å². The van der Waals surface area contributed by atoms with E-state index < -0.39 is 125 Å². The fourth-order valence-electron chi connectivity index (χ4n) is 10.4. The maximum Gasteiger partial charge on any atom is 0.246 e. The maximum absolute atomic E-state index is 14.8. The number of benzene rings is 3. The smallest absolute Gasteiger partial charge is 0.246 e. The summed E-state index contributed by atoms with van der Waals surface area (Å²) in [7, 11) is 8.98. The van der Waals surface area contributed by atoms with E-state index in [2.05, 4.69) is 68.0 Å². The van der Waals surface area contributed by atoms with Crippen LogP contribution in [-0.4, -0.2) is 202 Å². The number of nitrogens with one attached hydrogen (secondary N) is 7. The Morgan fingerprint density at radius 3 is 1.45 bits per heavy atom. The minimum absolute atomic E-state index is 0.0000712. The summed E-state index contributed by atoms with van der Waals surface area (Å²) >= 11 is 5.82. The Bertz CT molecular complexity index is 3160. The lowest BCUT2D eigenvalue weighted by Gasteiger charge is -2.36. The SMILES string of the molecule is CC(C)C[C@H](NC(=O)[C@H](CCCCN=[N+]=[N-])NC(=O)[C@H](Cc1ccccc1)NC(=O)CCl)C(=O)N(C)[C@@H](C)C(=O)N(C)[C@@H](CC(C)C)C(=O)N[C@@H](C)C(=O)N(C)[C@@H](Cc1ccccc1)C(=O)N(C)[C@@H](C)C(=O)N[C@@H](C)C(=O)N[C@@H](Cc1ccccc1)C(=O)N[C@H](C)CSSC(C)(C)C. The zero-order valence-corrected chi connectivity index (χ0v) is 62.1. The first-order valence-corrected chi connectivity index (χ1v) is 36.1. The molecule has 0 unspecified atom stereocenters. The number of rotatable bonds is 40. The molecule has 0 aliphatic heterocycles. The molecule has 25 nitrogen and oxygen atoms in total. The minimum Gasteiger partial charge on any atom is -0.351 e. The number of hydrogen-bond acceptors (Lipinski definition) is 14. The highest BCUT2D eigenvalue weighted by Crippen LogP contribution is 2.35. The summed E-state index contributed by atoms with van der Waals surface area (Å²) in [5.74, 6) is -7.16. The third kappa shape index (κ3) is 28.9. The number of nitrogens with zero attached hydrogens (tertiary/aromatic N) is 7. The van der Waals surface area contributed by atoms with E-state index >= 15 is 0 Å². The van der Waals surface area contributed by atoms with E-state index in [0.29, 0.717) is 24.2 Å². The van der Waals surface area contributed by atoms with Crippen molar-refractivity contribution in [2.75, 3.05) is 46.4 Å². The molecule has 28 heteroatoms. The van der Waals surface area contributed by atoms with E-state index in [1.165, 1.54) is 75.5 Å². The Morgan fingerprint density at radius 2 is 0.939 bits per heavy atom. The molecule has 7 N–H and O–H groups in total. The van der Waals surface area contributed by atoms with Gasteiger partial charge in [-0.1, -0.05) is 173 Å². The van der Waals surface area contributed by atoms with E-state index in [4.69, 9.17) is 17.1 Å². The topological polar surface area (TPSA) is 334 Å². The van der Waals surface area contributed by atoms with Gasteiger partial charge in [-0.05, 0) is 94.4 Å². The van der Waals surface area contributed by atoms with Gasteiger partial charge in [-0.2, -0.15) is 0 Å². The Kier molecular flexibility index (Phi) is 36.3. The van der Waals surface area contributed by atoms with Gasteiger partial charge < -0.3 is 56.8 Å². The number of carbonyl (C=O) groups excluding carboxylic acids is 11. The summed E-state index contributed by atoms with van der Waals surface area (Å²) in [5, 5.41) is 23.0. The van der Waals surface area contributed by atoms with Crippen LogP contribution in [0, 0.1) is 11.8 Å². The van der Waals surface area contributed by atoms with Gasteiger partial charge in [0.15, 0.2) is 0 Å². The van der Waals surface area contributed by atoms with Crippen molar-refractivity contribution in [1.29, 1.82) is 0 Å². The van der Waals surface area contributed by atoms with E-state index in [-0.39, 0.29) is 73.6 Å². The number of likely N-dealkylation sites (N-methyl/N-ethyl adjacent to an activating group) is 4. The molecule has 540 valence electrons. The van der Waals surface area contributed by atoms with E-state index in [9.17, 15) is 52.7 Å². The van der Waals surface area contributed by atoms with Crippen LogP contribution in [0.25, 0.3) is 10.4 Å². The molecule has 3 rings (SSSR count). The molecule has 0 saturated heterocycles. The highest BCUT2D eigenvalue weighted by Gasteiger charge is 2.40. The number of carbonyl (C=O) groups is 11. The predicted molar refractivity (Wildman–Crippen MR) is 386 cm³/mol. The number of unbranched alkanes of at least 4 members (excludes halogenated alkanes) is 1. The van der Waals surface area contributed by atoms with Crippen molar-refractivity contribution < 1.29 is 52.7 Å². The van der Waals surface area contributed by atoms with Crippen LogP contribution in [0.1, 0.15) is 132 Å². The Labute approximate surface area is 591 Å². The molecule has 0 heterocycles. The molecule has 11 atom stereocenters. The zero-order valence-electron chi connectivity index (χ0n) is 59.8. The molecule has 3 aromatic rings. The second-order valence-corrected chi connectivity index (χ2v) is 30.2. The van der Waals surface area contributed by atoms with Crippen LogP contribution in [0.4, 0.5) is 0 Å². The highest BCUT2D eigenvalue weighted by molar-refractivity contribution is 8.77. The highest BCUT2D eigenvalue weighted by atomic mass is 35.5. The summed E-state index contributed by atoms with van der Waals surface area (Å²) in [6.07, 6.45) is 1.24. The van der Waals surface area contributed by atoms with Gasteiger partial charge in [0.2, 0.25) is 65.0 Å². The van der Waals surface area contributed by atoms with Crippen molar-refractivity contribution in [2.24, 2.45) is 17.0 Å². The summed E-state index contributed by atoms with van der Waals surface area (Å²) in [6.45, 7) is 21.6. The molecule has 0 aromatic heterocycles. The molecule has 3 aromatic carbocycles. The molecule has 0 fully saturated rings. The Hall–Kier alpha value is -7.87. The molecule has 0 spiro atoms. The largest absolute Gasteiger partial charge is 0.351 e. The molecule has 98 heavy (non-hydrogen) atoms. The number of hydrogen-bond donors (Lipinski definition) is 7. The van der Waals surface area contributed by atoms with Crippen molar-refractivity contribution in [3.05, 3.63) is 118 Å². The van der Waals surface area contributed by atoms with E-state index in [1.54, 1.807) is 82.3 Å². The van der Waals surface area contributed by atoms with Gasteiger partial charge >= 0.3 is 0 Å². The van der Waals surface area contributed by atoms with Crippen molar-refractivity contribution in [3.8, 4) is 0 Å². The van der Waals surface area contributed by atoms with Crippen LogP contribution in [0.15, 0.2) is 96.1 Å². The lowest BCUT2D eigenvalue weighted by Crippen LogP contribution is -2.60. The molecule has 0 aliphatic rings. The van der Waals surface area contributed by atoms with E-state index in [1.807, 2.05) is 65.0 Å². The number of amides is 11. The minimum atomic E-state index is -1.27. The van der Waals surface area contributed by atoms with Crippen LogP contribution in [-0.2, 0) is 72.0 Å². The first-order chi connectivity index (χ1) is 46.1. The quantitative estimate of drug-likeness (QED) is 0.00799. The number of halogens is 1.